The lowest BCUT2D eigenvalue weighted by molar-refractivity contribution is 0.356. The average molecular weight is 235 g/mol. The SMILES string of the molecule is CCCC(C)(C)NCc1ccc(OC)c(C)c1. The van der Waals surface area contributed by atoms with Crippen molar-refractivity contribution in [3.63, 3.8) is 0 Å². The van der Waals surface area contributed by atoms with E-state index in [9.17, 15) is 0 Å². The summed E-state index contributed by atoms with van der Waals surface area (Å²) in [6, 6.07) is 6.36. The summed E-state index contributed by atoms with van der Waals surface area (Å²) in [7, 11) is 1.71. The van der Waals surface area contributed by atoms with Gasteiger partial charge in [0.15, 0.2) is 0 Å². The second kappa shape index (κ2) is 6.06. The van der Waals surface area contributed by atoms with E-state index in [1.165, 1.54) is 24.0 Å². The molecule has 0 aliphatic rings. The first-order valence-electron chi connectivity index (χ1n) is 6.37. The van der Waals surface area contributed by atoms with Gasteiger partial charge in [-0.05, 0) is 44.4 Å². The van der Waals surface area contributed by atoms with Crippen molar-refractivity contribution in [1.29, 1.82) is 0 Å². The van der Waals surface area contributed by atoms with E-state index in [0.717, 1.165) is 12.3 Å². The van der Waals surface area contributed by atoms with Crippen molar-refractivity contribution in [3.05, 3.63) is 29.3 Å². The Kier molecular flexibility index (Phi) is 5.01. The highest BCUT2D eigenvalue weighted by Gasteiger charge is 2.15. The Morgan fingerprint density at radius 3 is 2.53 bits per heavy atom. The lowest BCUT2D eigenvalue weighted by Gasteiger charge is -2.26. The molecule has 0 saturated heterocycles. The van der Waals surface area contributed by atoms with Crippen LogP contribution in [0.1, 0.15) is 44.7 Å². The average Bonchev–Trinajstić information content (AvgIpc) is 2.27. The van der Waals surface area contributed by atoms with Crippen LogP contribution in [0.25, 0.3) is 0 Å². The lowest BCUT2D eigenvalue weighted by atomic mass is 9.98. The van der Waals surface area contributed by atoms with E-state index in [0.29, 0.717) is 0 Å². The quantitative estimate of drug-likeness (QED) is 0.812. The normalized spacial score (nSPS) is 11.6. The second-order valence-electron chi connectivity index (χ2n) is 5.29. The van der Waals surface area contributed by atoms with Crippen molar-refractivity contribution >= 4 is 0 Å². The van der Waals surface area contributed by atoms with E-state index in [1.54, 1.807) is 7.11 Å². The number of hydrogen-bond donors (Lipinski definition) is 1. The van der Waals surface area contributed by atoms with Crippen LogP contribution in [0.5, 0.6) is 5.75 Å². The summed E-state index contributed by atoms with van der Waals surface area (Å²) >= 11 is 0. The van der Waals surface area contributed by atoms with Gasteiger partial charge in [-0.15, -0.1) is 0 Å². The third kappa shape index (κ3) is 4.39. The second-order valence-corrected chi connectivity index (χ2v) is 5.29. The molecule has 0 fully saturated rings. The summed E-state index contributed by atoms with van der Waals surface area (Å²) in [5, 5.41) is 3.60. The van der Waals surface area contributed by atoms with Gasteiger partial charge in [-0.1, -0.05) is 25.5 Å². The number of aryl methyl sites for hydroxylation is 1. The molecule has 96 valence electrons. The summed E-state index contributed by atoms with van der Waals surface area (Å²) in [6.45, 7) is 9.73. The van der Waals surface area contributed by atoms with Crippen LogP contribution in [0.4, 0.5) is 0 Å². The summed E-state index contributed by atoms with van der Waals surface area (Å²) < 4.78 is 5.26. The summed E-state index contributed by atoms with van der Waals surface area (Å²) in [6.07, 6.45) is 2.41. The molecule has 2 nitrogen and oxygen atoms in total. The van der Waals surface area contributed by atoms with Crippen LogP contribution < -0.4 is 10.1 Å². The minimum absolute atomic E-state index is 0.211. The topological polar surface area (TPSA) is 21.3 Å². The molecule has 0 radical (unpaired) electrons. The highest BCUT2D eigenvalue weighted by Crippen LogP contribution is 2.19. The van der Waals surface area contributed by atoms with Crippen LogP contribution in [0.3, 0.4) is 0 Å². The first-order chi connectivity index (χ1) is 7.98. The maximum atomic E-state index is 5.26. The van der Waals surface area contributed by atoms with Crippen molar-refractivity contribution in [2.24, 2.45) is 0 Å². The van der Waals surface area contributed by atoms with E-state index in [1.807, 2.05) is 6.07 Å². The van der Waals surface area contributed by atoms with Crippen LogP contribution in [0, 0.1) is 6.92 Å². The number of ether oxygens (including phenoxy) is 1. The first kappa shape index (κ1) is 14.0. The molecule has 1 aromatic carbocycles. The fourth-order valence-electron chi connectivity index (χ4n) is 2.11. The van der Waals surface area contributed by atoms with Gasteiger partial charge in [0.1, 0.15) is 5.75 Å². The Morgan fingerprint density at radius 2 is 2.00 bits per heavy atom. The van der Waals surface area contributed by atoms with Crippen molar-refractivity contribution in [1.82, 2.24) is 5.32 Å². The molecule has 1 N–H and O–H groups in total. The maximum Gasteiger partial charge on any atom is 0.121 e. The molecule has 1 rings (SSSR count). The Morgan fingerprint density at radius 1 is 1.29 bits per heavy atom. The van der Waals surface area contributed by atoms with Gasteiger partial charge < -0.3 is 10.1 Å². The number of hydrogen-bond acceptors (Lipinski definition) is 2. The van der Waals surface area contributed by atoms with Crippen molar-refractivity contribution in [2.75, 3.05) is 7.11 Å². The largest absolute Gasteiger partial charge is 0.496 e. The fraction of sp³-hybridized carbons (Fsp3) is 0.600. The van der Waals surface area contributed by atoms with Gasteiger partial charge in [-0.2, -0.15) is 0 Å². The van der Waals surface area contributed by atoms with Gasteiger partial charge in [-0.25, -0.2) is 0 Å². The summed E-state index contributed by atoms with van der Waals surface area (Å²) in [4.78, 5) is 0. The molecule has 2 heteroatoms. The Balaban J connectivity index is 2.61. The molecule has 0 aliphatic carbocycles. The zero-order valence-corrected chi connectivity index (χ0v) is 11.8. The predicted octanol–water partition coefficient (Wildman–Crippen LogP) is 3.67. The summed E-state index contributed by atoms with van der Waals surface area (Å²) in [5.74, 6) is 0.960. The standard InChI is InChI=1S/C15H25NO/c1-6-9-15(3,4)16-11-13-7-8-14(17-5)12(2)10-13/h7-8,10,16H,6,9,11H2,1-5H3. The molecule has 0 amide bonds. The third-order valence-electron chi connectivity index (χ3n) is 3.11. The molecular formula is C15H25NO. The van der Waals surface area contributed by atoms with E-state index in [4.69, 9.17) is 4.74 Å². The van der Waals surface area contributed by atoms with E-state index in [-0.39, 0.29) is 5.54 Å². The smallest absolute Gasteiger partial charge is 0.121 e. The third-order valence-corrected chi connectivity index (χ3v) is 3.11. The summed E-state index contributed by atoms with van der Waals surface area (Å²) in [5.41, 5.74) is 2.72. The number of methoxy groups -OCH3 is 1. The zero-order valence-electron chi connectivity index (χ0n) is 11.8. The van der Waals surface area contributed by atoms with Gasteiger partial charge in [0, 0.05) is 12.1 Å². The highest BCUT2D eigenvalue weighted by molar-refractivity contribution is 5.36. The number of nitrogens with one attached hydrogen (secondary N) is 1. The van der Waals surface area contributed by atoms with E-state index in [2.05, 4.69) is 45.1 Å². The van der Waals surface area contributed by atoms with Crippen LogP contribution in [-0.4, -0.2) is 12.6 Å². The minimum Gasteiger partial charge on any atom is -0.496 e. The maximum absolute atomic E-state index is 5.26. The van der Waals surface area contributed by atoms with Gasteiger partial charge >= 0.3 is 0 Å². The number of benzene rings is 1. The van der Waals surface area contributed by atoms with Crippen molar-refractivity contribution < 1.29 is 4.74 Å². The molecule has 0 bridgehead atoms. The molecule has 0 aliphatic heterocycles. The molecule has 0 spiro atoms. The molecule has 1 aromatic rings. The first-order valence-corrected chi connectivity index (χ1v) is 6.37. The van der Waals surface area contributed by atoms with Crippen molar-refractivity contribution in [3.8, 4) is 5.75 Å². The zero-order chi connectivity index (χ0) is 12.9. The fourth-order valence-corrected chi connectivity index (χ4v) is 2.11. The Hall–Kier alpha value is -1.02. The molecule has 0 aromatic heterocycles. The van der Waals surface area contributed by atoms with E-state index < -0.39 is 0 Å². The molecule has 0 saturated carbocycles. The predicted molar refractivity (Wildman–Crippen MR) is 73.6 cm³/mol. The lowest BCUT2D eigenvalue weighted by Crippen LogP contribution is -2.38. The van der Waals surface area contributed by atoms with Gasteiger partial charge in [0.05, 0.1) is 7.11 Å². The Bertz CT molecular complexity index is 358. The van der Waals surface area contributed by atoms with E-state index >= 15 is 0 Å². The van der Waals surface area contributed by atoms with Gasteiger partial charge in [0.25, 0.3) is 0 Å². The minimum atomic E-state index is 0.211. The molecular weight excluding hydrogens is 210 g/mol. The Labute approximate surface area is 105 Å². The highest BCUT2D eigenvalue weighted by atomic mass is 16.5. The van der Waals surface area contributed by atoms with Gasteiger partial charge in [0.2, 0.25) is 0 Å². The van der Waals surface area contributed by atoms with Crippen LogP contribution >= 0.6 is 0 Å². The monoisotopic (exact) mass is 235 g/mol. The van der Waals surface area contributed by atoms with Crippen LogP contribution in [-0.2, 0) is 6.54 Å². The molecule has 0 unspecified atom stereocenters. The molecule has 0 atom stereocenters. The molecule has 0 heterocycles. The number of rotatable bonds is 6. The van der Waals surface area contributed by atoms with Crippen molar-refractivity contribution in [2.45, 2.75) is 52.6 Å². The van der Waals surface area contributed by atoms with Crippen LogP contribution in [0.2, 0.25) is 0 Å². The van der Waals surface area contributed by atoms with Gasteiger partial charge in [-0.3, -0.25) is 0 Å². The molecule has 17 heavy (non-hydrogen) atoms. The van der Waals surface area contributed by atoms with Crippen LogP contribution in [0.15, 0.2) is 18.2 Å².